The number of carbonyl (C=O) groups is 1. The Labute approximate surface area is 188 Å². The lowest BCUT2D eigenvalue weighted by Gasteiger charge is -2.07. The van der Waals surface area contributed by atoms with Gasteiger partial charge in [-0.1, -0.05) is 24.3 Å². The van der Waals surface area contributed by atoms with E-state index in [1.807, 2.05) is 6.07 Å². The van der Waals surface area contributed by atoms with Crippen LogP contribution in [0.1, 0.15) is 32.9 Å². The summed E-state index contributed by atoms with van der Waals surface area (Å²) in [5.74, 6) is -0.286. The summed E-state index contributed by atoms with van der Waals surface area (Å²) in [6.45, 7) is 3.91. The smallest absolute Gasteiger partial charge is 0.305 e. The monoisotopic (exact) mass is 448 g/mol. The number of hydrogen-bond acceptors (Lipinski definition) is 5. The Kier molecular flexibility index (Phi) is 5.99. The Hall–Kier alpha value is -4.34. The molecule has 0 aliphatic rings. The fourth-order valence-electron chi connectivity index (χ4n) is 3.62. The molecule has 0 atom stereocenters. The molecule has 0 aliphatic carbocycles. The SMILES string of the molecule is Cc1nn(Cc2cccc(C(=O)Nc3ccn(Cc4cccc(F)c4)n3)c2)c(C)c1[N+](=O)[O-]. The number of aryl methyl sites for hydroxylation is 1. The van der Waals surface area contributed by atoms with Crippen molar-refractivity contribution in [1.29, 1.82) is 0 Å². The average molecular weight is 448 g/mol. The topological polar surface area (TPSA) is 108 Å². The summed E-state index contributed by atoms with van der Waals surface area (Å²) in [5, 5.41) is 22.5. The molecule has 0 saturated carbocycles. The van der Waals surface area contributed by atoms with Crippen molar-refractivity contribution < 1.29 is 14.1 Å². The second-order valence-corrected chi connectivity index (χ2v) is 7.62. The van der Waals surface area contributed by atoms with E-state index < -0.39 is 4.92 Å². The Morgan fingerprint density at radius 2 is 1.79 bits per heavy atom. The van der Waals surface area contributed by atoms with E-state index in [1.54, 1.807) is 65.8 Å². The molecule has 0 unspecified atom stereocenters. The molecular weight excluding hydrogens is 427 g/mol. The van der Waals surface area contributed by atoms with E-state index in [4.69, 9.17) is 0 Å². The summed E-state index contributed by atoms with van der Waals surface area (Å²) in [5.41, 5.74) is 2.75. The number of nitro groups is 1. The molecule has 2 aromatic heterocycles. The van der Waals surface area contributed by atoms with Gasteiger partial charge in [-0.25, -0.2) is 4.39 Å². The van der Waals surface area contributed by atoms with Gasteiger partial charge in [-0.05, 0) is 49.2 Å². The molecular formula is C23H21FN6O3. The van der Waals surface area contributed by atoms with E-state index in [2.05, 4.69) is 15.5 Å². The van der Waals surface area contributed by atoms with Crippen molar-refractivity contribution in [3.63, 3.8) is 0 Å². The van der Waals surface area contributed by atoms with Crippen molar-refractivity contribution in [3.8, 4) is 0 Å². The summed E-state index contributed by atoms with van der Waals surface area (Å²) in [6, 6.07) is 14.9. The van der Waals surface area contributed by atoms with Gasteiger partial charge in [0, 0.05) is 17.8 Å². The van der Waals surface area contributed by atoms with Crippen LogP contribution in [0, 0.1) is 29.8 Å². The first-order valence-corrected chi connectivity index (χ1v) is 10.2. The normalized spacial score (nSPS) is 10.9. The van der Waals surface area contributed by atoms with E-state index in [0.717, 1.165) is 11.1 Å². The predicted octanol–water partition coefficient (Wildman–Crippen LogP) is 4.09. The van der Waals surface area contributed by atoms with E-state index in [0.29, 0.717) is 35.9 Å². The Bertz CT molecular complexity index is 1340. The van der Waals surface area contributed by atoms with Gasteiger partial charge in [-0.3, -0.25) is 24.3 Å². The van der Waals surface area contributed by atoms with Gasteiger partial charge in [0.05, 0.1) is 18.0 Å². The van der Waals surface area contributed by atoms with Crippen molar-refractivity contribution in [2.75, 3.05) is 5.32 Å². The molecule has 33 heavy (non-hydrogen) atoms. The third kappa shape index (κ3) is 4.95. The van der Waals surface area contributed by atoms with Crippen molar-refractivity contribution in [1.82, 2.24) is 19.6 Å². The first-order valence-electron chi connectivity index (χ1n) is 10.2. The number of hydrogen-bond donors (Lipinski definition) is 1. The van der Waals surface area contributed by atoms with Gasteiger partial charge in [0.1, 0.15) is 17.2 Å². The van der Waals surface area contributed by atoms with Gasteiger partial charge in [0.25, 0.3) is 5.91 Å². The summed E-state index contributed by atoms with van der Waals surface area (Å²) in [4.78, 5) is 23.5. The maximum absolute atomic E-state index is 13.4. The van der Waals surface area contributed by atoms with Crippen LogP contribution in [0.3, 0.4) is 0 Å². The molecule has 0 saturated heterocycles. The zero-order valence-corrected chi connectivity index (χ0v) is 18.0. The maximum Gasteiger partial charge on any atom is 0.312 e. The van der Waals surface area contributed by atoms with Gasteiger partial charge in [0.2, 0.25) is 0 Å². The van der Waals surface area contributed by atoms with Gasteiger partial charge in [-0.15, -0.1) is 0 Å². The van der Waals surface area contributed by atoms with Crippen LogP contribution in [0.5, 0.6) is 0 Å². The summed E-state index contributed by atoms with van der Waals surface area (Å²) < 4.78 is 16.5. The highest BCUT2D eigenvalue weighted by Gasteiger charge is 2.21. The summed E-state index contributed by atoms with van der Waals surface area (Å²) >= 11 is 0. The lowest BCUT2D eigenvalue weighted by molar-refractivity contribution is -0.386. The van der Waals surface area contributed by atoms with Gasteiger partial charge in [0.15, 0.2) is 5.82 Å². The average Bonchev–Trinajstić information content (AvgIpc) is 3.31. The fourth-order valence-corrected chi connectivity index (χ4v) is 3.62. The molecule has 2 heterocycles. The first kappa shape index (κ1) is 21.9. The van der Waals surface area contributed by atoms with Crippen molar-refractivity contribution in [2.24, 2.45) is 0 Å². The van der Waals surface area contributed by atoms with E-state index in [9.17, 15) is 19.3 Å². The van der Waals surface area contributed by atoms with Crippen LogP contribution in [-0.4, -0.2) is 30.4 Å². The highest BCUT2D eigenvalue weighted by atomic mass is 19.1. The molecule has 0 fully saturated rings. The zero-order valence-electron chi connectivity index (χ0n) is 18.0. The Balaban J connectivity index is 1.45. The van der Waals surface area contributed by atoms with Crippen LogP contribution < -0.4 is 5.32 Å². The molecule has 0 spiro atoms. The van der Waals surface area contributed by atoms with Gasteiger partial charge in [-0.2, -0.15) is 10.2 Å². The number of nitrogens with one attached hydrogen (secondary N) is 1. The number of amides is 1. The molecule has 0 aliphatic heterocycles. The molecule has 2 aromatic carbocycles. The first-order chi connectivity index (χ1) is 15.8. The lowest BCUT2D eigenvalue weighted by Crippen LogP contribution is -2.14. The molecule has 1 N–H and O–H groups in total. The standard InChI is InChI=1S/C23H21FN6O3/c1-15-22(30(32)33)16(2)29(26-15)14-17-5-3-7-19(11-17)23(31)25-21-9-10-28(27-21)13-18-6-4-8-20(24)12-18/h3-12H,13-14H2,1-2H3,(H,25,27,31). The van der Waals surface area contributed by atoms with Crippen molar-refractivity contribution >= 4 is 17.4 Å². The van der Waals surface area contributed by atoms with E-state index >= 15 is 0 Å². The van der Waals surface area contributed by atoms with Crippen LogP contribution >= 0.6 is 0 Å². The van der Waals surface area contributed by atoms with Crippen LogP contribution in [0.25, 0.3) is 0 Å². The highest BCUT2D eigenvalue weighted by Crippen LogP contribution is 2.22. The molecule has 168 valence electrons. The molecule has 0 radical (unpaired) electrons. The fraction of sp³-hybridized carbons (Fsp3) is 0.174. The molecule has 10 heteroatoms. The highest BCUT2D eigenvalue weighted by molar-refractivity contribution is 6.03. The number of nitrogens with zero attached hydrogens (tertiary/aromatic N) is 5. The van der Waals surface area contributed by atoms with E-state index in [1.165, 1.54) is 12.1 Å². The maximum atomic E-state index is 13.4. The molecule has 1 amide bonds. The number of halogens is 1. The minimum atomic E-state index is -0.439. The minimum absolute atomic E-state index is 0.00211. The van der Waals surface area contributed by atoms with Crippen LogP contribution in [0.2, 0.25) is 0 Å². The second-order valence-electron chi connectivity index (χ2n) is 7.62. The Morgan fingerprint density at radius 3 is 2.48 bits per heavy atom. The number of benzene rings is 2. The largest absolute Gasteiger partial charge is 0.312 e. The van der Waals surface area contributed by atoms with Gasteiger partial charge < -0.3 is 5.32 Å². The van der Waals surface area contributed by atoms with Crippen LogP contribution in [0.15, 0.2) is 60.8 Å². The van der Waals surface area contributed by atoms with E-state index in [-0.39, 0.29) is 17.4 Å². The summed E-state index contributed by atoms with van der Waals surface area (Å²) in [7, 11) is 0. The molecule has 9 nitrogen and oxygen atoms in total. The third-order valence-corrected chi connectivity index (χ3v) is 5.16. The lowest BCUT2D eigenvalue weighted by atomic mass is 10.1. The van der Waals surface area contributed by atoms with Crippen LogP contribution in [0.4, 0.5) is 15.9 Å². The minimum Gasteiger partial charge on any atom is -0.305 e. The second kappa shape index (κ2) is 9.03. The summed E-state index contributed by atoms with van der Waals surface area (Å²) in [6.07, 6.45) is 1.70. The molecule has 4 rings (SSSR count). The predicted molar refractivity (Wildman–Crippen MR) is 120 cm³/mol. The third-order valence-electron chi connectivity index (χ3n) is 5.16. The quantitative estimate of drug-likeness (QED) is 0.338. The van der Waals surface area contributed by atoms with Gasteiger partial charge >= 0.3 is 5.69 Å². The number of anilines is 1. The molecule has 4 aromatic rings. The Morgan fingerprint density at radius 1 is 1.06 bits per heavy atom. The zero-order chi connectivity index (χ0) is 23.5. The molecule has 0 bridgehead atoms. The number of carbonyl (C=O) groups excluding carboxylic acids is 1. The van der Waals surface area contributed by atoms with Crippen molar-refractivity contribution in [2.45, 2.75) is 26.9 Å². The number of aromatic nitrogens is 4. The van der Waals surface area contributed by atoms with Crippen LogP contribution in [-0.2, 0) is 13.1 Å². The number of rotatable bonds is 7. The van der Waals surface area contributed by atoms with Crippen molar-refractivity contribution in [3.05, 3.63) is 105 Å².